The molecule has 3 aromatic rings. The largest absolute Gasteiger partial charge is 0.449 e. The van der Waals surface area contributed by atoms with Gasteiger partial charge in [0, 0.05) is 22.8 Å². The number of aliphatic hydroxyl groups excluding tert-OH is 1. The third-order valence-electron chi connectivity index (χ3n) is 10.9. The zero-order valence-corrected chi connectivity index (χ0v) is 24.2. The summed E-state index contributed by atoms with van der Waals surface area (Å²) in [5.41, 5.74) is -2.27. The molecule has 0 saturated heterocycles. The number of nitrogens with zero attached hydrogens (tertiary/aromatic N) is 3. The molecule has 3 saturated carbocycles. The van der Waals surface area contributed by atoms with Crippen LogP contribution in [0.15, 0.2) is 52.9 Å². The zero-order chi connectivity index (χ0) is 29.5. The summed E-state index contributed by atoms with van der Waals surface area (Å²) in [4.78, 5) is 17.4. The molecule has 222 valence electrons. The van der Waals surface area contributed by atoms with E-state index in [0.29, 0.717) is 43.1 Å². The van der Waals surface area contributed by atoms with Crippen LogP contribution < -0.4 is 4.74 Å². The Kier molecular flexibility index (Phi) is 6.26. The minimum Gasteiger partial charge on any atom is -0.449 e. The van der Waals surface area contributed by atoms with Crippen molar-refractivity contribution in [1.82, 2.24) is 14.8 Å². The second-order valence-electron chi connectivity index (χ2n) is 12.6. The van der Waals surface area contributed by atoms with Gasteiger partial charge in [0.05, 0.1) is 36.1 Å². The van der Waals surface area contributed by atoms with Gasteiger partial charge in [-0.15, -0.1) is 0 Å². The summed E-state index contributed by atoms with van der Waals surface area (Å²) in [6, 6.07) is 5.22. The fraction of sp³-hybridized carbons (Fsp3) is 0.516. The molecule has 0 spiro atoms. The van der Waals surface area contributed by atoms with Crippen molar-refractivity contribution in [3.8, 4) is 11.6 Å². The number of fused-ring (bicyclic) bond motifs is 6. The smallest absolute Gasteiger partial charge is 0.285 e. The van der Waals surface area contributed by atoms with E-state index in [2.05, 4.69) is 10.1 Å². The highest BCUT2D eigenvalue weighted by atomic mass is 32.2. The summed E-state index contributed by atoms with van der Waals surface area (Å²) < 4.78 is 58.4. The van der Waals surface area contributed by atoms with E-state index in [1.807, 2.05) is 19.9 Å². The number of aliphatic hydroxyl groups is 1. The molecule has 4 aliphatic rings. The monoisotopic (exact) mass is 599 g/mol. The summed E-state index contributed by atoms with van der Waals surface area (Å²) in [7, 11) is 0. The predicted octanol–water partition coefficient (Wildman–Crippen LogP) is 6.25. The second-order valence-corrected chi connectivity index (χ2v) is 13.5. The van der Waals surface area contributed by atoms with Gasteiger partial charge in [0.25, 0.3) is 5.95 Å². The lowest BCUT2D eigenvalue weighted by atomic mass is 9.44. The first-order valence-electron chi connectivity index (χ1n) is 14.3. The second kappa shape index (κ2) is 9.47. The lowest BCUT2D eigenvalue weighted by Crippen LogP contribution is -2.70. The minimum absolute atomic E-state index is 0.0137. The van der Waals surface area contributed by atoms with Gasteiger partial charge in [0.1, 0.15) is 11.7 Å². The van der Waals surface area contributed by atoms with Crippen LogP contribution >= 0.6 is 11.8 Å². The number of thioether (sulfide) groups is 1. The Morgan fingerprint density at radius 1 is 1.24 bits per heavy atom. The predicted molar refractivity (Wildman–Crippen MR) is 150 cm³/mol. The first-order valence-corrected chi connectivity index (χ1v) is 15.3. The molecule has 7 atom stereocenters. The van der Waals surface area contributed by atoms with Crippen molar-refractivity contribution in [1.29, 1.82) is 0 Å². The number of pyridine rings is 1. The SMILES string of the molecule is C[C@]12Cc3cnn(-c4ccc(F)nc4)c3C=C1CC[C@H]1[C@@H]3CC[C@](Oc4ccco4)(C(=O)SCF)[C@@]3(C)C[C@H](O)[C@@]12F. The van der Waals surface area contributed by atoms with Gasteiger partial charge in [0.2, 0.25) is 11.1 Å². The van der Waals surface area contributed by atoms with Crippen LogP contribution in [0.4, 0.5) is 13.2 Å². The van der Waals surface area contributed by atoms with E-state index in [1.54, 1.807) is 29.1 Å². The molecule has 0 unspecified atom stereocenters. The number of alkyl halides is 2. The molecule has 0 amide bonds. The molecule has 0 bridgehead atoms. The van der Waals surface area contributed by atoms with Crippen molar-refractivity contribution in [2.75, 3.05) is 6.01 Å². The molecule has 0 aromatic carbocycles. The Morgan fingerprint density at radius 3 is 2.79 bits per heavy atom. The van der Waals surface area contributed by atoms with Crippen LogP contribution in [0.5, 0.6) is 5.95 Å². The number of aromatic nitrogens is 3. The number of hydrogen-bond donors (Lipinski definition) is 1. The fourth-order valence-electron chi connectivity index (χ4n) is 8.95. The van der Waals surface area contributed by atoms with Gasteiger partial charge in [-0.3, -0.25) is 4.79 Å². The molecule has 1 N–H and O–H groups in total. The van der Waals surface area contributed by atoms with Crippen molar-refractivity contribution in [3.63, 3.8) is 0 Å². The highest BCUT2D eigenvalue weighted by Crippen LogP contribution is 2.71. The van der Waals surface area contributed by atoms with Crippen LogP contribution in [0, 0.1) is 28.6 Å². The molecule has 0 radical (unpaired) electrons. The molecule has 0 aliphatic heterocycles. The van der Waals surface area contributed by atoms with E-state index < -0.39 is 51.2 Å². The molecule has 3 fully saturated rings. The molecule has 7 rings (SSSR count). The summed E-state index contributed by atoms with van der Waals surface area (Å²) in [5.74, 6) is -1.27. The Balaban J connectivity index is 1.27. The molecule has 11 heteroatoms. The topological polar surface area (TPSA) is 90.4 Å². The van der Waals surface area contributed by atoms with E-state index >= 15 is 4.39 Å². The summed E-state index contributed by atoms with van der Waals surface area (Å²) in [5, 5.41) is 15.9. The van der Waals surface area contributed by atoms with E-state index in [0.717, 1.165) is 16.8 Å². The summed E-state index contributed by atoms with van der Waals surface area (Å²) >= 11 is 0.553. The van der Waals surface area contributed by atoms with Gasteiger partial charge in [-0.05, 0) is 86.0 Å². The standard InChI is InChI=1S/C31H32F3N3O4S/c1-28-13-18-15-36-37(20-6-8-25(33)35-16-20)23(18)12-19(28)5-7-22-21-9-10-30(27(39)42-17-32,41-26-4-3-11-40-26)29(21,2)14-24(38)31(22,28)34/h3-4,6,8,11-12,15-16,21-22,24,38H,5,7,9-10,13-14,17H2,1-2H3/t21-,22-,24-,28-,29-,30-,31-/m0/s1. The third-order valence-corrected chi connectivity index (χ3v) is 11.6. The Hall–Kier alpha value is -3.05. The van der Waals surface area contributed by atoms with Gasteiger partial charge in [-0.1, -0.05) is 19.4 Å². The lowest BCUT2D eigenvalue weighted by Gasteiger charge is -2.63. The number of hydrogen-bond acceptors (Lipinski definition) is 7. The van der Waals surface area contributed by atoms with Crippen LogP contribution in [0.2, 0.25) is 0 Å². The number of halogens is 3. The Morgan fingerprint density at radius 2 is 2.07 bits per heavy atom. The first kappa shape index (κ1) is 27.8. The van der Waals surface area contributed by atoms with E-state index in [-0.39, 0.29) is 24.7 Å². The molecule has 42 heavy (non-hydrogen) atoms. The van der Waals surface area contributed by atoms with Crippen molar-refractivity contribution >= 4 is 23.0 Å². The molecule has 3 aromatic heterocycles. The zero-order valence-electron chi connectivity index (χ0n) is 23.4. The quantitative estimate of drug-likeness (QED) is 0.347. The number of ether oxygens (including phenoxy) is 1. The molecule has 7 nitrogen and oxygen atoms in total. The average molecular weight is 600 g/mol. The molecular weight excluding hydrogens is 567 g/mol. The number of rotatable bonds is 5. The van der Waals surface area contributed by atoms with Crippen molar-refractivity contribution in [3.05, 3.63) is 65.7 Å². The third kappa shape index (κ3) is 3.55. The van der Waals surface area contributed by atoms with Gasteiger partial charge in [-0.2, -0.15) is 9.49 Å². The number of carbonyl (C=O) groups is 1. The van der Waals surface area contributed by atoms with Crippen LogP contribution in [-0.2, 0) is 11.2 Å². The fourth-order valence-corrected chi connectivity index (χ4v) is 9.66. The molecule has 3 heterocycles. The number of allylic oxidation sites excluding steroid dienone is 1. The Labute approximate surface area is 245 Å². The van der Waals surface area contributed by atoms with Gasteiger partial charge in [0.15, 0.2) is 5.60 Å². The van der Waals surface area contributed by atoms with Crippen LogP contribution in [0.25, 0.3) is 11.8 Å². The van der Waals surface area contributed by atoms with E-state index in [9.17, 15) is 18.7 Å². The summed E-state index contributed by atoms with van der Waals surface area (Å²) in [6.07, 6.45) is 7.33. The number of carbonyl (C=O) groups excluding carboxylic acids is 1. The van der Waals surface area contributed by atoms with Crippen molar-refractivity contribution in [2.24, 2.45) is 22.7 Å². The average Bonchev–Trinajstić information content (AvgIpc) is 3.68. The molecular formula is C31H32F3N3O4S. The van der Waals surface area contributed by atoms with E-state index in [4.69, 9.17) is 9.15 Å². The maximum atomic E-state index is 18.0. The summed E-state index contributed by atoms with van der Waals surface area (Å²) in [6.45, 7) is 3.78. The van der Waals surface area contributed by atoms with E-state index in [1.165, 1.54) is 18.5 Å². The van der Waals surface area contributed by atoms with Crippen LogP contribution in [0.3, 0.4) is 0 Å². The lowest BCUT2D eigenvalue weighted by molar-refractivity contribution is -0.220. The first-order chi connectivity index (χ1) is 20.1. The van der Waals surface area contributed by atoms with Gasteiger partial charge < -0.3 is 14.3 Å². The Bertz CT molecular complexity index is 1560. The highest BCUT2D eigenvalue weighted by Gasteiger charge is 2.75. The van der Waals surface area contributed by atoms with Crippen molar-refractivity contribution < 1.29 is 32.2 Å². The maximum absolute atomic E-state index is 18.0. The molecule has 4 aliphatic carbocycles. The normalized spacial score (nSPS) is 36.8. The minimum atomic E-state index is -1.98. The maximum Gasteiger partial charge on any atom is 0.285 e. The van der Waals surface area contributed by atoms with Gasteiger partial charge >= 0.3 is 0 Å². The highest BCUT2D eigenvalue weighted by molar-refractivity contribution is 8.13. The van der Waals surface area contributed by atoms with Crippen molar-refractivity contribution in [2.45, 2.75) is 69.7 Å². The van der Waals surface area contributed by atoms with Crippen LogP contribution in [0.1, 0.15) is 57.2 Å². The number of furan rings is 1. The van der Waals surface area contributed by atoms with Gasteiger partial charge in [-0.25, -0.2) is 18.4 Å². The van der Waals surface area contributed by atoms with Crippen LogP contribution in [-0.4, -0.2) is 48.4 Å².